The minimum absolute atomic E-state index is 0.0968. The van der Waals surface area contributed by atoms with E-state index in [0.29, 0.717) is 10.9 Å². The van der Waals surface area contributed by atoms with E-state index in [2.05, 4.69) is 6.92 Å². The summed E-state index contributed by atoms with van der Waals surface area (Å²) < 4.78 is 23.7. The molecule has 0 amide bonds. The number of hydrogen-bond acceptors (Lipinski definition) is 6. The first-order valence-corrected chi connectivity index (χ1v) is 8.32. The molecule has 1 unspecified atom stereocenters. The van der Waals surface area contributed by atoms with Crippen LogP contribution in [-0.2, 0) is 9.84 Å². The summed E-state index contributed by atoms with van der Waals surface area (Å²) >= 11 is 1.17. The van der Waals surface area contributed by atoms with Crippen molar-refractivity contribution < 1.29 is 8.42 Å². The number of nitrogens with two attached hydrogens (primary N) is 1. The number of nitrogen functional groups attached to an aromatic ring is 1. The molecule has 0 aromatic carbocycles. The third-order valence-electron chi connectivity index (χ3n) is 3.07. The van der Waals surface area contributed by atoms with Crippen molar-refractivity contribution in [1.82, 2.24) is 0 Å². The van der Waals surface area contributed by atoms with Crippen LogP contribution < -0.4 is 10.6 Å². The van der Waals surface area contributed by atoms with E-state index in [1.54, 1.807) is 0 Å². The van der Waals surface area contributed by atoms with Gasteiger partial charge in [-0.1, -0.05) is 6.92 Å². The molecule has 2 rings (SSSR count). The molecule has 18 heavy (non-hydrogen) atoms. The zero-order valence-electron chi connectivity index (χ0n) is 10.3. The van der Waals surface area contributed by atoms with Crippen LogP contribution in [0.25, 0.3) is 0 Å². The Kier molecular flexibility index (Phi) is 3.25. The molecule has 0 radical (unpaired) electrons. The lowest BCUT2D eigenvalue weighted by atomic mass is 10.2. The normalized spacial score (nSPS) is 20.1. The van der Waals surface area contributed by atoms with E-state index in [9.17, 15) is 8.42 Å². The molecule has 1 aliphatic heterocycles. The maximum atomic E-state index is 11.8. The van der Waals surface area contributed by atoms with Crippen LogP contribution in [0.3, 0.4) is 0 Å². The summed E-state index contributed by atoms with van der Waals surface area (Å²) in [7, 11) is -3.42. The van der Waals surface area contributed by atoms with Gasteiger partial charge in [-0.15, -0.1) is 11.3 Å². The van der Waals surface area contributed by atoms with Gasteiger partial charge in [-0.3, -0.25) is 0 Å². The first-order chi connectivity index (χ1) is 8.34. The summed E-state index contributed by atoms with van der Waals surface area (Å²) in [5, 5.41) is 9.61. The highest BCUT2D eigenvalue weighted by molar-refractivity contribution is 7.91. The van der Waals surface area contributed by atoms with Gasteiger partial charge in [-0.05, 0) is 12.3 Å². The summed E-state index contributed by atoms with van der Waals surface area (Å²) in [6.45, 7) is 3.75. The van der Waals surface area contributed by atoms with Crippen molar-refractivity contribution in [3.8, 4) is 6.07 Å². The number of sulfone groups is 1. The highest BCUT2D eigenvalue weighted by atomic mass is 32.2. The number of thiophene rings is 1. The Labute approximate surface area is 111 Å². The molecular formula is C11H15N3O2S2. The number of rotatable bonds is 2. The third kappa shape index (κ3) is 2.18. The summed E-state index contributed by atoms with van der Waals surface area (Å²) in [6.07, 6.45) is 2.17. The lowest BCUT2D eigenvalue weighted by Gasteiger charge is -2.17. The molecule has 1 atom stereocenters. The molecule has 0 spiro atoms. The molecule has 2 N–H and O–H groups in total. The molecule has 7 heteroatoms. The lowest BCUT2D eigenvalue weighted by Crippen LogP contribution is -2.20. The maximum absolute atomic E-state index is 11.8. The van der Waals surface area contributed by atoms with E-state index in [1.165, 1.54) is 11.3 Å². The van der Waals surface area contributed by atoms with Crippen LogP contribution in [0.4, 0.5) is 10.7 Å². The van der Waals surface area contributed by atoms with E-state index < -0.39 is 9.84 Å². The van der Waals surface area contributed by atoms with Crippen LogP contribution >= 0.6 is 11.3 Å². The molecular weight excluding hydrogens is 270 g/mol. The minimum atomic E-state index is -3.42. The van der Waals surface area contributed by atoms with E-state index in [-0.39, 0.29) is 15.5 Å². The second-order valence-electron chi connectivity index (χ2n) is 4.70. The van der Waals surface area contributed by atoms with E-state index in [4.69, 9.17) is 11.0 Å². The Morgan fingerprint density at radius 1 is 1.56 bits per heavy atom. The SMILES string of the molecule is CC1CCN(c2sc(C#N)c(N)c2S(C)(=O)=O)C1. The highest BCUT2D eigenvalue weighted by Gasteiger charge is 2.30. The Morgan fingerprint density at radius 3 is 2.67 bits per heavy atom. The standard InChI is InChI=1S/C11H15N3O2S2/c1-7-3-4-14(6-7)11-10(18(2,15)16)9(13)8(5-12)17-11/h7H,3-4,6,13H2,1-2H3. The van der Waals surface area contributed by atoms with Crippen molar-refractivity contribution in [2.75, 3.05) is 30.0 Å². The predicted molar refractivity (Wildman–Crippen MR) is 72.6 cm³/mol. The summed E-state index contributed by atoms with van der Waals surface area (Å²) in [6, 6.07) is 1.97. The zero-order valence-corrected chi connectivity index (χ0v) is 11.9. The summed E-state index contributed by atoms with van der Waals surface area (Å²) in [5.74, 6) is 0.534. The van der Waals surface area contributed by atoms with Gasteiger partial charge >= 0.3 is 0 Å². The van der Waals surface area contributed by atoms with Gasteiger partial charge in [0, 0.05) is 19.3 Å². The van der Waals surface area contributed by atoms with Crippen LogP contribution in [0.15, 0.2) is 4.90 Å². The second-order valence-corrected chi connectivity index (χ2v) is 7.65. The molecule has 1 aliphatic rings. The average Bonchev–Trinajstić information content (AvgIpc) is 2.80. The van der Waals surface area contributed by atoms with E-state index in [0.717, 1.165) is 25.8 Å². The van der Waals surface area contributed by atoms with Crippen LogP contribution in [0.5, 0.6) is 0 Å². The summed E-state index contributed by atoms with van der Waals surface area (Å²) in [4.78, 5) is 2.42. The maximum Gasteiger partial charge on any atom is 0.180 e. The smallest absolute Gasteiger partial charge is 0.180 e. The molecule has 98 valence electrons. The number of nitrogens with zero attached hydrogens (tertiary/aromatic N) is 2. The summed E-state index contributed by atoms with van der Waals surface area (Å²) in [5.41, 5.74) is 5.88. The van der Waals surface area contributed by atoms with E-state index >= 15 is 0 Å². The molecule has 5 nitrogen and oxygen atoms in total. The zero-order chi connectivity index (χ0) is 13.5. The van der Waals surface area contributed by atoms with Gasteiger partial charge in [0.05, 0.1) is 5.69 Å². The predicted octanol–water partition coefficient (Wildman–Crippen LogP) is 1.45. The molecule has 2 heterocycles. The van der Waals surface area contributed by atoms with Gasteiger partial charge in [0.25, 0.3) is 0 Å². The Hall–Kier alpha value is -1.26. The highest BCUT2D eigenvalue weighted by Crippen LogP contribution is 2.42. The minimum Gasteiger partial charge on any atom is -0.396 e. The van der Waals surface area contributed by atoms with Gasteiger partial charge in [-0.25, -0.2) is 8.42 Å². The van der Waals surface area contributed by atoms with Crippen LogP contribution in [-0.4, -0.2) is 27.8 Å². The van der Waals surface area contributed by atoms with Crippen molar-refractivity contribution in [3.63, 3.8) is 0 Å². The average molecular weight is 285 g/mol. The Balaban J connectivity index is 2.57. The first kappa shape index (κ1) is 13.2. The quantitative estimate of drug-likeness (QED) is 0.888. The van der Waals surface area contributed by atoms with Crippen molar-refractivity contribution in [2.45, 2.75) is 18.2 Å². The monoisotopic (exact) mass is 285 g/mol. The van der Waals surface area contributed by atoms with Crippen LogP contribution in [0.1, 0.15) is 18.2 Å². The molecule has 1 fully saturated rings. The fourth-order valence-electron chi connectivity index (χ4n) is 2.19. The van der Waals surface area contributed by atoms with Gasteiger partial charge in [0.2, 0.25) is 0 Å². The third-order valence-corrected chi connectivity index (χ3v) is 5.52. The molecule has 1 aromatic rings. The van der Waals surface area contributed by atoms with Crippen molar-refractivity contribution in [2.24, 2.45) is 5.92 Å². The van der Waals surface area contributed by atoms with Gasteiger partial charge in [-0.2, -0.15) is 5.26 Å². The fourth-order valence-corrected chi connectivity index (χ4v) is 4.73. The molecule has 0 aliphatic carbocycles. The largest absolute Gasteiger partial charge is 0.396 e. The first-order valence-electron chi connectivity index (χ1n) is 5.62. The number of hydrogen-bond donors (Lipinski definition) is 1. The van der Waals surface area contributed by atoms with Crippen molar-refractivity contribution in [1.29, 1.82) is 5.26 Å². The Bertz CT molecular complexity index is 613. The fraction of sp³-hybridized carbons (Fsp3) is 0.545. The van der Waals surface area contributed by atoms with Gasteiger partial charge in [0.1, 0.15) is 20.8 Å². The van der Waals surface area contributed by atoms with E-state index in [1.807, 2.05) is 11.0 Å². The molecule has 1 saturated heterocycles. The number of anilines is 2. The second kappa shape index (κ2) is 4.44. The van der Waals surface area contributed by atoms with Gasteiger partial charge in [0.15, 0.2) is 9.84 Å². The van der Waals surface area contributed by atoms with Crippen LogP contribution in [0.2, 0.25) is 0 Å². The van der Waals surface area contributed by atoms with Crippen LogP contribution in [0, 0.1) is 17.2 Å². The number of nitriles is 1. The lowest BCUT2D eigenvalue weighted by molar-refractivity contribution is 0.602. The Morgan fingerprint density at radius 2 is 2.22 bits per heavy atom. The van der Waals surface area contributed by atoms with Crippen molar-refractivity contribution in [3.05, 3.63) is 4.88 Å². The topological polar surface area (TPSA) is 87.2 Å². The molecule has 1 aromatic heterocycles. The molecule has 0 bridgehead atoms. The van der Waals surface area contributed by atoms with Gasteiger partial charge < -0.3 is 10.6 Å². The molecule has 0 saturated carbocycles. The van der Waals surface area contributed by atoms with Crippen molar-refractivity contribution >= 4 is 31.9 Å².